The van der Waals surface area contributed by atoms with E-state index < -0.39 is 0 Å². The first-order valence-corrected chi connectivity index (χ1v) is 3.57. The largest absolute Gasteiger partial charge is 0.372 e. The van der Waals surface area contributed by atoms with Gasteiger partial charge in [-0.05, 0) is 12.8 Å². The van der Waals surface area contributed by atoms with Gasteiger partial charge in [0.25, 0.3) is 0 Å². The molecule has 0 aliphatic carbocycles. The molecule has 3 nitrogen and oxygen atoms in total. The molecular formula is C7H10N2O. The first-order valence-electron chi connectivity index (χ1n) is 3.57. The quantitative estimate of drug-likeness (QED) is 0.634. The van der Waals surface area contributed by atoms with Crippen molar-refractivity contribution in [2.75, 3.05) is 6.61 Å². The van der Waals surface area contributed by atoms with Crippen molar-refractivity contribution in [1.82, 2.24) is 9.97 Å². The third-order valence-electron chi connectivity index (χ3n) is 1.80. The summed E-state index contributed by atoms with van der Waals surface area (Å²) in [5.41, 5.74) is 1.11. The van der Waals surface area contributed by atoms with Crippen LogP contribution in [0.1, 0.15) is 24.6 Å². The summed E-state index contributed by atoms with van der Waals surface area (Å²) >= 11 is 0. The molecule has 0 aromatic carbocycles. The van der Waals surface area contributed by atoms with Gasteiger partial charge in [0.1, 0.15) is 0 Å². The fourth-order valence-corrected chi connectivity index (χ4v) is 1.27. The molecule has 1 unspecified atom stereocenters. The van der Waals surface area contributed by atoms with Gasteiger partial charge in [-0.1, -0.05) is 0 Å². The predicted octanol–water partition coefficient (Wildman–Crippen LogP) is 1.26. The van der Waals surface area contributed by atoms with Crippen LogP contribution in [0.5, 0.6) is 0 Å². The number of ether oxygens (including phenoxy) is 1. The Balaban J connectivity index is 2.12. The van der Waals surface area contributed by atoms with E-state index in [0.29, 0.717) is 0 Å². The Kier molecular flexibility index (Phi) is 1.43. The molecule has 1 aromatic rings. The topological polar surface area (TPSA) is 37.9 Å². The smallest absolute Gasteiger partial charge is 0.0989 e. The maximum absolute atomic E-state index is 5.43. The van der Waals surface area contributed by atoms with Crippen molar-refractivity contribution in [2.24, 2.45) is 0 Å². The second-order valence-corrected chi connectivity index (χ2v) is 2.51. The Morgan fingerprint density at radius 3 is 3.30 bits per heavy atom. The Hall–Kier alpha value is -0.830. The van der Waals surface area contributed by atoms with Crippen LogP contribution in [0.3, 0.4) is 0 Å². The van der Waals surface area contributed by atoms with E-state index in [1.807, 2.05) is 6.20 Å². The Morgan fingerprint density at radius 2 is 2.70 bits per heavy atom. The summed E-state index contributed by atoms with van der Waals surface area (Å²) in [6.45, 7) is 0.893. The SMILES string of the molecule is c1ncc(C2CCCO2)[nH]1. The number of imidazole rings is 1. The number of hydrogen-bond acceptors (Lipinski definition) is 2. The van der Waals surface area contributed by atoms with E-state index >= 15 is 0 Å². The summed E-state index contributed by atoms with van der Waals surface area (Å²) < 4.78 is 5.43. The zero-order chi connectivity index (χ0) is 6.81. The summed E-state index contributed by atoms with van der Waals surface area (Å²) in [7, 11) is 0. The summed E-state index contributed by atoms with van der Waals surface area (Å²) in [4.78, 5) is 6.97. The molecule has 2 rings (SSSR count). The highest BCUT2D eigenvalue weighted by molar-refractivity contribution is 5.00. The highest BCUT2D eigenvalue weighted by Crippen LogP contribution is 2.25. The zero-order valence-electron chi connectivity index (χ0n) is 5.71. The van der Waals surface area contributed by atoms with Gasteiger partial charge >= 0.3 is 0 Å². The van der Waals surface area contributed by atoms with Gasteiger partial charge in [-0.25, -0.2) is 4.98 Å². The predicted molar refractivity (Wildman–Crippen MR) is 36.5 cm³/mol. The van der Waals surface area contributed by atoms with Crippen LogP contribution in [0.25, 0.3) is 0 Å². The second-order valence-electron chi connectivity index (χ2n) is 2.51. The molecule has 0 bridgehead atoms. The van der Waals surface area contributed by atoms with Crippen LogP contribution in [0.4, 0.5) is 0 Å². The lowest BCUT2D eigenvalue weighted by molar-refractivity contribution is 0.109. The van der Waals surface area contributed by atoms with Crippen LogP contribution in [0.2, 0.25) is 0 Å². The van der Waals surface area contributed by atoms with Gasteiger partial charge in [0.05, 0.1) is 24.3 Å². The Bertz CT molecular complexity index is 189. The van der Waals surface area contributed by atoms with E-state index in [2.05, 4.69) is 9.97 Å². The molecule has 0 amide bonds. The molecule has 54 valence electrons. The monoisotopic (exact) mass is 138 g/mol. The van der Waals surface area contributed by atoms with Crippen molar-refractivity contribution < 1.29 is 4.74 Å². The summed E-state index contributed by atoms with van der Waals surface area (Å²) in [6.07, 6.45) is 6.10. The van der Waals surface area contributed by atoms with Gasteiger partial charge in [0, 0.05) is 6.61 Å². The average molecular weight is 138 g/mol. The molecule has 1 N–H and O–H groups in total. The van der Waals surface area contributed by atoms with Gasteiger partial charge in [0.2, 0.25) is 0 Å². The van der Waals surface area contributed by atoms with Crippen molar-refractivity contribution in [3.05, 3.63) is 18.2 Å². The van der Waals surface area contributed by atoms with Crippen molar-refractivity contribution in [1.29, 1.82) is 0 Å². The first kappa shape index (κ1) is 5.92. The summed E-state index contributed by atoms with van der Waals surface area (Å²) in [5, 5.41) is 0. The van der Waals surface area contributed by atoms with Crippen LogP contribution in [0.15, 0.2) is 12.5 Å². The van der Waals surface area contributed by atoms with Crippen molar-refractivity contribution in [2.45, 2.75) is 18.9 Å². The Morgan fingerprint density at radius 1 is 1.70 bits per heavy atom. The fourth-order valence-electron chi connectivity index (χ4n) is 1.27. The normalized spacial score (nSPS) is 25.4. The molecule has 1 atom stereocenters. The van der Waals surface area contributed by atoms with Crippen LogP contribution < -0.4 is 0 Å². The molecule has 1 saturated heterocycles. The van der Waals surface area contributed by atoms with E-state index in [-0.39, 0.29) is 6.10 Å². The number of nitrogens with zero attached hydrogens (tertiary/aromatic N) is 1. The zero-order valence-corrected chi connectivity index (χ0v) is 5.71. The van der Waals surface area contributed by atoms with Gasteiger partial charge in [-0.2, -0.15) is 0 Å². The summed E-state index contributed by atoms with van der Waals surface area (Å²) in [5.74, 6) is 0. The molecule has 1 fully saturated rings. The molecule has 0 radical (unpaired) electrons. The highest BCUT2D eigenvalue weighted by Gasteiger charge is 2.17. The maximum Gasteiger partial charge on any atom is 0.0989 e. The molecule has 1 aliphatic rings. The van der Waals surface area contributed by atoms with Gasteiger partial charge in [-0.3, -0.25) is 0 Å². The second kappa shape index (κ2) is 2.42. The minimum Gasteiger partial charge on any atom is -0.372 e. The Labute approximate surface area is 59.4 Å². The number of hydrogen-bond donors (Lipinski definition) is 1. The number of H-pyrrole nitrogens is 1. The van der Waals surface area contributed by atoms with Gasteiger partial charge in [0.15, 0.2) is 0 Å². The third kappa shape index (κ3) is 0.926. The lowest BCUT2D eigenvalue weighted by Gasteiger charge is -2.03. The van der Waals surface area contributed by atoms with Gasteiger partial charge in [-0.15, -0.1) is 0 Å². The minimum atomic E-state index is 0.280. The van der Waals surface area contributed by atoms with E-state index in [9.17, 15) is 0 Å². The summed E-state index contributed by atoms with van der Waals surface area (Å²) in [6, 6.07) is 0. The van der Waals surface area contributed by atoms with Crippen LogP contribution in [0, 0.1) is 0 Å². The molecule has 3 heteroatoms. The molecule has 2 heterocycles. The number of rotatable bonds is 1. The number of nitrogens with one attached hydrogen (secondary N) is 1. The number of aromatic nitrogens is 2. The average Bonchev–Trinajstić information content (AvgIpc) is 2.59. The molecule has 0 spiro atoms. The number of aromatic amines is 1. The molecule has 10 heavy (non-hydrogen) atoms. The van der Waals surface area contributed by atoms with Crippen LogP contribution >= 0.6 is 0 Å². The van der Waals surface area contributed by atoms with Crippen LogP contribution in [-0.4, -0.2) is 16.6 Å². The van der Waals surface area contributed by atoms with Crippen LogP contribution in [-0.2, 0) is 4.74 Å². The molecule has 0 saturated carbocycles. The minimum absolute atomic E-state index is 0.280. The lowest BCUT2D eigenvalue weighted by Crippen LogP contribution is -1.94. The first-order chi connectivity index (χ1) is 4.97. The third-order valence-corrected chi connectivity index (χ3v) is 1.80. The van der Waals surface area contributed by atoms with E-state index in [1.54, 1.807) is 6.33 Å². The van der Waals surface area contributed by atoms with E-state index in [1.165, 1.54) is 6.42 Å². The van der Waals surface area contributed by atoms with E-state index in [4.69, 9.17) is 4.74 Å². The standard InChI is InChI=1S/C7H10N2O/c1-2-7(10-3-1)6-4-8-5-9-6/h4-5,7H,1-3H2,(H,8,9). The fraction of sp³-hybridized carbons (Fsp3) is 0.571. The molecule has 1 aromatic heterocycles. The van der Waals surface area contributed by atoms with E-state index in [0.717, 1.165) is 18.7 Å². The van der Waals surface area contributed by atoms with Crippen molar-refractivity contribution in [3.8, 4) is 0 Å². The van der Waals surface area contributed by atoms with Crippen molar-refractivity contribution in [3.63, 3.8) is 0 Å². The highest BCUT2D eigenvalue weighted by atomic mass is 16.5. The lowest BCUT2D eigenvalue weighted by atomic mass is 10.2. The maximum atomic E-state index is 5.43. The molecular weight excluding hydrogens is 128 g/mol. The van der Waals surface area contributed by atoms with Crippen molar-refractivity contribution >= 4 is 0 Å². The van der Waals surface area contributed by atoms with Gasteiger partial charge < -0.3 is 9.72 Å². The molecule has 1 aliphatic heterocycles.